The molecule has 41 heavy (non-hydrogen) atoms. The summed E-state index contributed by atoms with van der Waals surface area (Å²) in [5.41, 5.74) is 8.45. The zero-order valence-corrected chi connectivity index (χ0v) is 24.7. The molecule has 1 unspecified atom stereocenters. The fraction of sp³-hybridized carbons (Fsp3) is 0.355. The maximum Gasteiger partial charge on any atom is 0.323 e. The van der Waals surface area contributed by atoms with Gasteiger partial charge >= 0.3 is 5.97 Å². The topological polar surface area (TPSA) is 107 Å². The third kappa shape index (κ3) is 7.62. The van der Waals surface area contributed by atoms with Gasteiger partial charge < -0.3 is 10.5 Å². The van der Waals surface area contributed by atoms with Crippen LogP contribution in [0.2, 0.25) is 0 Å². The quantitative estimate of drug-likeness (QED) is 0.285. The van der Waals surface area contributed by atoms with Gasteiger partial charge in [-0.1, -0.05) is 68.4 Å². The van der Waals surface area contributed by atoms with Gasteiger partial charge in [0.2, 0.25) is 10.0 Å². The Bertz CT molecular complexity index is 1430. The maximum atomic E-state index is 13.6. The normalized spacial score (nSPS) is 17.3. The van der Waals surface area contributed by atoms with Gasteiger partial charge in [-0.15, -0.1) is 11.8 Å². The number of halogens is 1. The highest BCUT2D eigenvalue weighted by Gasteiger charge is 2.40. The van der Waals surface area contributed by atoms with Gasteiger partial charge in [0.15, 0.2) is 5.78 Å². The molecular weight excluding hydrogens is 563 g/mol. The van der Waals surface area contributed by atoms with Crippen LogP contribution in [0.4, 0.5) is 4.39 Å². The Kier molecular flexibility index (Phi) is 10.4. The number of hydrogen-bond donors (Lipinski definition) is 1. The van der Waals surface area contributed by atoms with Gasteiger partial charge in [0.05, 0.1) is 11.5 Å². The average Bonchev–Trinajstić information content (AvgIpc) is 3.48. The van der Waals surface area contributed by atoms with E-state index in [1.807, 2.05) is 44.2 Å². The number of sulfonamides is 1. The largest absolute Gasteiger partial charge is 0.465 e. The van der Waals surface area contributed by atoms with Gasteiger partial charge in [-0.05, 0) is 59.2 Å². The first kappa shape index (κ1) is 30.9. The third-order valence-electron chi connectivity index (χ3n) is 7.18. The monoisotopic (exact) mass is 598 g/mol. The molecule has 1 aliphatic heterocycles. The molecule has 3 atom stereocenters. The lowest BCUT2D eigenvalue weighted by atomic mass is 9.91. The van der Waals surface area contributed by atoms with Crippen molar-refractivity contribution in [1.29, 1.82) is 0 Å². The zero-order valence-electron chi connectivity index (χ0n) is 23.1. The molecule has 0 aliphatic carbocycles. The number of benzene rings is 3. The zero-order chi connectivity index (χ0) is 29.6. The molecule has 2 N–H and O–H groups in total. The molecule has 0 amide bonds. The Hall–Kier alpha value is -3.05. The van der Waals surface area contributed by atoms with E-state index in [4.69, 9.17) is 10.5 Å². The van der Waals surface area contributed by atoms with Crippen molar-refractivity contribution in [3.8, 4) is 11.1 Å². The standard InChI is InChI=1S/C31H35FN2O5S2/c1-21(2)29(33)31(36)39-18-16-25(24-8-12-26(32)13-9-24)20-28(35)30-34(17-19-40-30)41(37,38)27-14-10-23(11-15-27)22-6-4-3-5-7-22/h3-15,21,25,29-30H,16-20,33H2,1-2H3/t25?,29-,30-/m0/s1. The average molecular weight is 599 g/mol. The van der Waals surface area contributed by atoms with Crippen molar-refractivity contribution in [3.05, 3.63) is 90.2 Å². The van der Waals surface area contributed by atoms with E-state index in [2.05, 4.69) is 0 Å². The van der Waals surface area contributed by atoms with Crippen molar-refractivity contribution >= 4 is 33.5 Å². The number of nitrogens with two attached hydrogens (primary N) is 1. The number of hydrogen-bond acceptors (Lipinski definition) is 7. The molecule has 0 aromatic heterocycles. The summed E-state index contributed by atoms with van der Waals surface area (Å²) in [6, 6.07) is 21.4. The van der Waals surface area contributed by atoms with Crippen LogP contribution in [0.1, 0.15) is 38.2 Å². The van der Waals surface area contributed by atoms with Crippen LogP contribution in [0.5, 0.6) is 0 Å². The van der Waals surface area contributed by atoms with Crippen molar-refractivity contribution in [2.75, 3.05) is 18.9 Å². The lowest BCUT2D eigenvalue weighted by Gasteiger charge is -2.25. The van der Waals surface area contributed by atoms with Gasteiger partial charge in [0.1, 0.15) is 17.2 Å². The van der Waals surface area contributed by atoms with E-state index in [0.717, 1.165) is 11.1 Å². The van der Waals surface area contributed by atoms with Crippen LogP contribution in [0.3, 0.4) is 0 Å². The molecule has 0 spiro atoms. The Balaban J connectivity index is 1.48. The first-order valence-electron chi connectivity index (χ1n) is 13.6. The van der Waals surface area contributed by atoms with E-state index in [9.17, 15) is 22.4 Å². The molecule has 0 bridgehead atoms. The summed E-state index contributed by atoms with van der Waals surface area (Å²) in [6.45, 7) is 3.89. The second kappa shape index (κ2) is 13.7. The highest BCUT2D eigenvalue weighted by atomic mass is 32.2. The Morgan fingerprint density at radius 2 is 1.63 bits per heavy atom. The smallest absolute Gasteiger partial charge is 0.323 e. The number of nitrogens with zero attached hydrogens (tertiary/aromatic N) is 1. The Labute approximate surface area is 245 Å². The number of ether oxygens (including phenoxy) is 1. The summed E-state index contributed by atoms with van der Waals surface area (Å²) in [4.78, 5) is 25.9. The van der Waals surface area contributed by atoms with Crippen molar-refractivity contribution in [2.24, 2.45) is 11.7 Å². The van der Waals surface area contributed by atoms with Gasteiger partial charge in [-0.2, -0.15) is 4.31 Å². The predicted molar refractivity (Wildman–Crippen MR) is 159 cm³/mol. The minimum atomic E-state index is -3.92. The van der Waals surface area contributed by atoms with Gasteiger partial charge in [0, 0.05) is 18.7 Å². The molecule has 218 valence electrons. The van der Waals surface area contributed by atoms with Crippen LogP contribution in [0, 0.1) is 11.7 Å². The first-order chi connectivity index (χ1) is 19.6. The van der Waals surface area contributed by atoms with Crippen LogP contribution in [0.25, 0.3) is 11.1 Å². The SMILES string of the molecule is CC(C)[C@H](N)C(=O)OCCC(CC(=O)[C@@H]1SCCN1S(=O)(=O)c1ccc(-c2ccccc2)cc1)c1ccc(F)cc1. The molecule has 4 rings (SSSR count). The lowest BCUT2D eigenvalue weighted by molar-refractivity contribution is -0.146. The molecule has 3 aromatic rings. The number of thioether (sulfide) groups is 1. The van der Waals surface area contributed by atoms with Gasteiger partial charge in [-0.3, -0.25) is 9.59 Å². The summed E-state index contributed by atoms with van der Waals surface area (Å²) in [7, 11) is -3.92. The van der Waals surface area contributed by atoms with Crippen LogP contribution in [-0.2, 0) is 24.3 Å². The number of rotatable bonds is 12. The second-order valence-electron chi connectivity index (χ2n) is 10.4. The summed E-state index contributed by atoms with van der Waals surface area (Å²) in [5.74, 6) is -1.18. The lowest BCUT2D eigenvalue weighted by Crippen LogP contribution is -2.40. The van der Waals surface area contributed by atoms with E-state index in [0.29, 0.717) is 17.7 Å². The molecule has 1 heterocycles. The van der Waals surface area contributed by atoms with E-state index in [1.165, 1.54) is 28.2 Å². The summed E-state index contributed by atoms with van der Waals surface area (Å²) in [6.07, 6.45) is 0.315. The Morgan fingerprint density at radius 3 is 2.27 bits per heavy atom. The number of carbonyl (C=O) groups excluding carboxylic acids is 2. The predicted octanol–water partition coefficient (Wildman–Crippen LogP) is 5.22. The molecule has 1 saturated heterocycles. The van der Waals surface area contributed by atoms with Crippen molar-refractivity contribution in [3.63, 3.8) is 0 Å². The van der Waals surface area contributed by atoms with Gasteiger partial charge in [-0.25, -0.2) is 12.8 Å². The van der Waals surface area contributed by atoms with Crippen molar-refractivity contribution < 1.29 is 27.1 Å². The minimum Gasteiger partial charge on any atom is -0.465 e. The molecule has 10 heteroatoms. The Morgan fingerprint density at radius 1 is 1.00 bits per heavy atom. The molecule has 7 nitrogen and oxygen atoms in total. The second-order valence-corrected chi connectivity index (χ2v) is 13.5. The summed E-state index contributed by atoms with van der Waals surface area (Å²) < 4.78 is 47.5. The minimum absolute atomic E-state index is 0.00997. The molecule has 0 radical (unpaired) electrons. The molecule has 0 saturated carbocycles. The summed E-state index contributed by atoms with van der Waals surface area (Å²) in [5, 5.41) is -0.881. The summed E-state index contributed by atoms with van der Waals surface area (Å²) >= 11 is 1.29. The first-order valence-corrected chi connectivity index (χ1v) is 16.1. The number of carbonyl (C=O) groups is 2. The third-order valence-corrected chi connectivity index (χ3v) is 10.4. The van der Waals surface area contributed by atoms with Gasteiger partial charge in [0.25, 0.3) is 0 Å². The fourth-order valence-corrected chi connectivity index (χ4v) is 7.84. The fourth-order valence-electron chi connectivity index (χ4n) is 4.68. The number of Topliss-reactive ketones (excluding diaryl/α,β-unsaturated/α-hetero) is 1. The molecule has 1 fully saturated rings. The van der Waals surface area contributed by atoms with E-state index < -0.39 is 39.1 Å². The number of ketones is 1. The van der Waals surface area contributed by atoms with Crippen LogP contribution in [-0.4, -0.2) is 54.8 Å². The molecule has 1 aliphatic rings. The molecular formula is C31H35FN2O5S2. The van der Waals surface area contributed by atoms with E-state index in [1.54, 1.807) is 36.4 Å². The number of esters is 1. The highest BCUT2D eigenvalue weighted by molar-refractivity contribution is 8.02. The van der Waals surface area contributed by atoms with Crippen LogP contribution in [0.15, 0.2) is 83.8 Å². The van der Waals surface area contributed by atoms with Crippen molar-refractivity contribution in [2.45, 2.75) is 48.9 Å². The van der Waals surface area contributed by atoms with E-state index >= 15 is 0 Å². The van der Waals surface area contributed by atoms with Crippen molar-refractivity contribution in [1.82, 2.24) is 4.31 Å². The van der Waals surface area contributed by atoms with Crippen LogP contribution < -0.4 is 5.73 Å². The highest BCUT2D eigenvalue weighted by Crippen LogP contribution is 2.35. The maximum absolute atomic E-state index is 13.6. The molecule has 3 aromatic carbocycles. The van der Waals surface area contributed by atoms with Crippen LogP contribution >= 0.6 is 11.8 Å². The van der Waals surface area contributed by atoms with E-state index in [-0.39, 0.29) is 36.2 Å².